The van der Waals surface area contributed by atoms with Crippen LogP contribution in [0.5, 0.6) is 11.5 Å². The van der Waals surface area contributed by atoms with Crippen LogP contribution in [-0.2, 0) is 9.53 Å². The van der Waals surface area contributed by atoms with E-state index in [4.69, 9.17) is 20.6 Å². The van der Waals surface area contributed by atoms with Gasteiger partial charge in [0, 0.05) is 5.56 Å². The highest BCUT2D eigenvalue weighted by Gasteiger charge is 2.24. The number of ether oxygens (including phenoxy) is 3. The number of carbonyl (C=O) groups is 1. The Morgan fingerprint density at radius 3 is 2.67 bits per heavy atom. The molecule has 0 bridgehead atoms. The second kappa shape index (κ2) is 8.19. The van der Waals surface area contributed by atoms with Crippen molar-refractivity contribution in [3.63, 3.8) is 0 Å². The minimum absolute atomic E-state index is 0.123. The summed E-state index contributed by atoms with van der Waals surface area (Å²) in [5, 5.41) is 0. The van der Waals surface area contributed by atoms with Gasteiger partial charge in [-0.05, 0) is 55.0 Å². The smallest absolute Gasteiger partial charge is 0.363 e. The summed E-state index contributed by atoms with van der Waals surface area (Å²) in [6.45, 7) is 2.42. The van der Waals surface area contributed by atoms with Gasteiger partial charge in [0.05, 0.1) is 6.61 Å². The maximum absolute atomic E-state index is 13.0. The third kappa shape index (κ3) is 4.33. The normalized spacial score (nSPS) is 14.5. The van der Waals surface area contributed by atoms with Gasteiger partial charge >= 0.3 is 5.97 Å². The van der Waals surface area contributed by atoms with Crippen molar-refractivity contribution in [2.75, 3.05) is 13.2 Å². The van der Waals surface area contributed by atoms with E-state index in [9.17, 15) is 9.18 Å². The molecule has 0 radical (unpaired) electrons. The monoisotopic (exact) mass is 365 g/mol. The third-order valence-corrected chi connectivity index (χ3v) is 3.59. The summed E-state index contributed by atoms with van der Waals surface area (Å²) in [5.41, 5.74) is 1.33. The number of nitrogens with zero attached hydrogens (tertiary/aromatic N) is 1. The Kier molecular flexibility index (Phi) is 5.53. The molecule has 6 heteroatoms. The number of rotatable bonds is 6. The number of hydrogen-bond donors (Lipinski definition) is 0. The lowest BCUT2D eigenvalue weighted by Gasteiger charge is -2.10. The lowest BCUT2D eigenvalue weighted by Crippen LogP contribution is -2.05. The second-order valence-corrected chi connectivity index (χ2v) is 5.47. The first-order valence-corrected chi connectivity index (χ1v) is 8.22. The fourth-order valence-electron chi connectivity index (χ4n) is 2.40. The number of carbonyl (C=O) groups excluding carboxylic acids is 1. The Hall–Kier alpha value is -3.59. The molecule has 0 fully saturated rings. The first-order chi connectivity index (χ1) is 13.1. The van der Waals surface area contributed by atoms with Crippen LogP contribution in [0.2, 0.25) is 0 Å². The van der Waals surface area contributed by atoms with Crippen LogP contribution in [0.15, 0.2) is 53.2 Å². The zero-order valence-electron chi connectivity index (χ0n) is 14.6. The van der Waals surface area contributed by atoms with Crippen LogP contribution in [0, 0.1) is 18.2 Å². The molecule has 0 aliphatic carbocycles. The van der Waals surface area contributed by atoms with E-state index in [0.29, 0.717) is 29.2 Å². The van der Waals surface area contributed by atoms with Crippen LogP contribution >= 0.6 is 0 Å². The van der Waals surface area contributed by atoms with Gasteiger partial charge in [-0.15, -0.1) is 6.42 Å². The van der Waals surface area contributed by atoms with Crippen molar-refractivity contribution in [3.05, 3.63) is 65.1 Å². The van der Waals surface area contributed by atoms with Crippen molar-refractivity contribution in [3.8, 4) is 23.8 Å². The summed E-state index contributed by atoms with van der Waals surface area (Å²) >= 11 is 0. The first kappa shape index (κ1) is 18.2. The maximum Gasteiger partial charge on any atom is 0.363 e. The molecule has 1 aliphatic heterocycles. The van der Waals surface area contributed by atoms with Crippen molar-refractivity contribution in [2.24, 2.45) is 4.99 Å². The van der Waals surface area contributed by atoms with E-state index in [2.05, 4.69) is 10.9 Å². The molecule has 0 atom stereocenters. The molecule has 0 spiro atoms. The zero-order chi connectivity index (χ0) is 19.2. The molecule has 0 aromatic heterocycles. The van der Waals surface area contributed by atoms with Crippen molar-refractivity contribution in [2.45, 2.75) is 6.92 Å². The van der Waals surface area contributed by atoms with Crippen LogP contribution in [0.1, 0.15) is 18.1 Å². The predicted molar refractivity (Wildman–Crippen MR) is 98.9 cm³/mol. The Bertz CT molecular complexity index is 955. The molecule has 3 rings (SSSR count). The molecule has 1 heterocycles. The van der Waals surface area contributed by atoms with Gasteiger partial charge in [-0.2, -0.15) is 0 Å². The number of hydrogen-bond acceptors (Lipinski definition) is 5. The minimum atomic E-state index is -0.583. The van der Waals surface area contributed by atoms with E-state index in [-0.39, 0.29) is 24.0 Å². The lowest BCUT2D eigenvalue weighted by molar-refractivity contribution is -0.129. The van der Waals surface area contributed by atoms with Gasteiger partial charge in [-0.1, -0.05) is 12.0 Å². The number of benzene rings is 2. The van der Waals surface area contributed by atoms with Gasteiger partial charge < -0.3 is 14.2 Å². The maximum atomic E-state index is 13.0. The third-order valence-electron chi connectivity index (χ3n) is 3.59. The number of cyclic esters (lactones) is 1. The number of aliphatic imine (C=N–C) groups is 1. The summed E-state index contributed by atoms with van der Waals surface area (Å²) in [6.07, 6.45) is 6.79. The number of terminal acetylenes is 1. The molecule has 27 heavy (non-hydrogen) atoms. The first-order valence-electron chi connectivity index (χ1n) is 8.22. The van der Waals surface area contributed by atoms with E-state index in [1.807, 2.05) is 6.92 Å². The Morgan fingerprint density at radius 1 is 1.19 bits per heavy atom. The van der Waals surface area contributed by atoms with Gasteiger partial charge in [0.15, 0.2) is 17.2 Å². The molecule has 2 aromatic rings. The molecule has 5 nitrogen and oxygen atoms in total. The molecule has 0 amide bonds. The molecule has 136 valence electrons. The van der Waals surface area contributed by atoms with E-state index >= 15 is 0 Å². The minimum Gasteiger partial charge on any atom is -0.490 e. The SMILES string of the molecule is C#CCOc1ccc(C=C2N=C(c3ccc(F)cc3)OC2=O)cc1OCC. The predicted octanol–water partition coefficient (Wildman–Crippen LogP) is 3.58. The zero-order valence-corrected chi connectivity index (χ0v) is 14.6. The van der Waals surface area contributed by atoms with Crippen LogP contribution < -0.4 is 9.47 Å². The van der Waals surface area contributed by atoms with E-state index in [0.717, 1.165) is 0 Å². The highest BCUT2D eigenvalue weighted by molar-refractivity contribution is 6.12. The second-order valence-electron chi connectivity index (χ2n) is 5.47. The average Bonchev–Trinajstić information content (AvgIpc) is 3.02. The Labute approximate surface area is 156 Å². The van der Waals surface area contributed by atoms with Gasteiger partial charge in [0.1, 0.15) is 12.4 Å². The molecule has 0 saturated heterocycles. The topological polar surface area (TPSA) is 57.1 Å². The summed E-state index contributed by atoms with van der Waals surface area (Å²) < 4.78 is 29.2. The van der Waals surface area contributed by atoms with Gasteiger partial charge in [0.2, 0.25) is 5.90 Å². The molecular formula is C21H16FNO4. The molecular weight excluding hydrogens is 349 g/mol. The van der Waals surface area contributed by atoms with E-state index in [1.54, 1.807) is 24.3 Å². The molecule has 0 saturated carbocycles. The average molecular weight is 365 g/mol. The fraction of sp³-hybridized carbons (Fsp3) is 0.143. The van der Waals surface area contributed by atoms with Crippen LogP contribution in [-0.4, -0.2) is 25.1 Å². The van der Waals surface area contributed by atoms with Crippen molar-refractivity contribution in [1.29, 1.82) is 0 Å². The summed E-state index contributed by atoms with van der Waals surface area (Å²) in [5.74, 6) is 2.59. The summed E-state index contributed by atoms with van der Waals surface area (Å²) in [7, 11) is 0. The van der Waals surface area contributed by atoms with Crippen LogP contribution in [0.3, 0.4) is 0 Å². The van der Waals surface area contributed by atoms with E-state index < -0.39 is 5.97 Å². The number of halogens is 1. The van der Waals surface area contributed by atoms with Crippen LogP contribution in [0.25, 0.3) is 6.08 Å². The standard InChI is InChI=1S/C21H16FNO4/c1-3-11-26-18-10-5-14(13-19(18)25-4-2)12-17-21(24)27-20(23-17)15-6-8-16(22)9-7-15/h1,5-10,12-13H,4,11H2,2H3. The van der Waals surface area contributed by atoms with E-state index in [1.165, 1.54) is 24.3 Å². The van der Waals surface area contributed by atoms with Crippen molar-refractivity contribution in [1.82, 2.24) is 0 Å². The summed E-state index contributed by atoms with van der Waals surface area (Å²) in [6, 6.07) is 10.7. The van der Waals surface area contributed by atoms with Crippen LogP contribution in [0.4, 0.5) is 4.39 Å². The van der Waals surface area contributed by atoms with Crippen molar-refractivity contribution < 1.29 is 23.4 Å². The quantitative estimate of drug-likeness (QED) is 0.446. The number of esters is 1. The highest BCUT2D eigenvalue weighted by atomic mass is 19.1. The Balaban J connectivity index is 1.88. The Morgan fingerprint density at radius 2 is 1.96 bits per heavy atom. The highest BCUT2D eigenvalue weighted by Crippen LogP contribution is 2.30. The van der Waals surface area contributed by atoms with Gasteiger partial charge in [-0.25, -0.2) is 14.2 Å². The molecule has 0 unspecified atom stereocenters. The van der Waals surface area contributed by atoms with Crippen molar-refractivity contribution >= 4 is 17.9 Å². The molecule has 0 N–H and O–H groups in total. The summed E-state index contributed by atoms with van der Waals surface area (Å²) in [4.78, 5) is 16.3. The molecule has 1 aliphatic rings. The molecule has 2 aromatic carbocycles. The largest absolute Gasteiger partial charge is 0.490 e. The van der Waals surface area contributed by atoms with Gasteiger partial charge in [-0.3, -0.25) is 0 Å². The van der Waals surface area contributed by atoms with Gasteiger partial charge in [0.25, 0.3) is 0 Å². The lowest BCUT2D eigenvalue weighted by atomic mass is 10.1. The fourth-order valence-corrected chi connectivity index (χ4v) is 2.40.